The molecule has 0 unspecified atom stereocenters. The molecule has 1 aliphatic heterocycles. The average Bonchev–Trinajstić information content (AvgIpc) is 3.04. The summed E-state index contributed by atoms with van der Waals surface area (Å²) in [6.45, 7) is 6.05. The van der Waals surface area contributed by atoms with Gasteiger partial charge in [0, 0.05) is 17.9 Å². The summed E-state index contributed by atoms with van der Waals surface area (Å²) in [5.74, 6) is -0.474. The third-order valence-electron chi connectivity index (χ3n) is 5.29. The Morgan fingerprint density at radius 3 is 2.58 bits per heavy atom. The van der Waals surface area contributed by atoms with Crippen molar-refractivity contribution >= 4 is 23.3 Å². The van der Waals surface area contributed by atoms with E-state index in [2.05, 4.69) is 10.3 Å². The van der Waals surface area contributed by atoms with E-state index in [4.69, 9.17) is 0 Å². The molecule has 1 atom stereocenters. The highest BCUT2D eigenvalue weighted by Gasteiger charge is 2.40. The Bertz CT molecular complexity index is 945. The average molecular weight is 434 g/mol. The summed E-state index contributed by atoms with van der Waals surface area (Å²) in [6, 6.07) is 7.55. The van der Waals surface area contributed by atoms with Crippen molar-refractivity contribution in [2.24, 2.45) is 5.92 Å². The molecule has 0 saturated carbocycles. The first-order valence-corrected chi connectivity index (χ1v) is 10.1. The number of hydrogen-bond donors (Lipinski definition) is 1. The highest BCUT2D eigenvalue weighted by Crippen LogP contribution is 2.31. The summed E-state index contributed by atoms with van der Waals surface area (Å²) in [7, 11) is 0. The Balaban J connectivity index is 1.74. The normalized spacial score (nSPS) is 16.9. The zero-order valence-electron chi connectivity index (χ0n) is 17.6. The van der Waals surface area contributed by atoms with Crippen LogP contribution >= 0.6 is 0 Å². The van der Waals surface area contributed by atoms with Crippen LogP contribution in [0.15, 0.2) is 42.6 Å². The maximum absolute atomic E-state index is 13.0. The van der Waals surface area contributed by atoms with Crippen molar-refractivity contribution < 1.29 is 22.8 Å². The molecule has 1 aromatic heterocycles. The molecule has 2 heterocycles. The number of halogens is 3. The smallest absolute Gasteiger partial charge is 0.325 e. The Labute approximate surface area is 179 Å². The van der Waals surface area contributed by atoms with Gasteiger partial charge in [0.1, 0.15) is 6.54 Å². The van der Waals surface area contributed by atoms with Gasteiger partial charge in [-0.25, -0.2) is 4.79 Å². The van der Waals surface area contributed by atoms with Crippen molar-refractivity contribution in [1.29, 1.82) is 0 Å². The molecule has 3 amide bonds. The summed E-state index contributed by atoms with van der Waals surface area (Å²) in [5.41, 5.74) is 0.738. The fourth-order valence-corrected chi connectivity index (χ4v) is 3.55. The topological polar surface area (TPSA) is 65.5 Å². The number of nitrogens with one attached hydrogen (secondary N) is 1. The summed E-state index contributed by atoms with van der Waals surface area (Å²) < 4.78 is 38.7. The maximum atomic E-state index is 13.0. The maximum Gasteiger partial charge on any atom is 0.416 e. The molecule has 0 bridgehead atoms. The minimum atomic E-state index is -4.50. The van der Waals surface area contributed by atoms with Crippen LogP contribution in [0.3, 0.4) is 0 Å². The van der Waals surface area contributed by atoms with E-state index in [-0.39, 0.29) is 30.2 Å². The molecule has 9 heteroatoms. The Kier molecular flexibility index (Phi) is 6.52. The van der Waals surface area contributed by atoms with E-state index < -0.39 is 17.6 Å². The number of nitrogens with zero attached hydrogens (tertiary/aromatic N) is 3. The number of urea groups is 1. The van der Waals surface area contributed by atoms with E-state index in [9.17, 15) is 22.8 Å². The largest absolute Gasteiger partial charge is 0.416 e. The first kappa shape index (κ1) is 22.6. The van der Waals surface area contributed by atoms with Gasteiger partial charge in [0.05, 0.1) is 23.5 Å². The molecule has 166 valence electrons. The monoisotopic (exact) mass is 434 g/mol. The molecular formula is C22H25F3N4O2. The lowest BCUT2D eigenvalue weighted by molar-refractivity contribution is -0.137. The standard InChI is InChI=1S/C22H25F3N4O2/c1-4-16-8-9-18(11-26-16)28-12-19(14(2)3)29(21(28)31)13-20(30)27-17-7-5-6-15(10-17)22(23,24)25/h5-11,14,19H,4,12-13H2,1-3H3,(H,27,30)/t19-/m1/s1. The van der Waals surface area contributed by atoms with Gasteiger partial charge in [-0.1, -0.05) is 26.8 Å². The van der Waals surface area contributed by atoms with Crippen molar-refractivity contribution in [2.45, 2.75) is 39.4 Å². The first-order valence-electron chi connectivity index (χ1n) is 10.1. The molecule has 1 N–H and O–H groups in total. The Hall–Kier alpha value is -3.10. The van der Waals surface area contributed by atoms with Crippen molar-refractivity contribution in [3.8, 4) is 0 Å². The SMILES string of the molecule is CCc1ccc(N2C[C@H](C(C)C)N(CC(=O)Nc3cccc(C(F)(F)F)c3)C2=O)cn1. The van der Waals surface area contributed by atoms with Gasteiger partial charge in [0.15, 0.2) is 0 Å². The van der Waals surface area contributed by atoms with Gasteiger partial charge < -0.3 is 10.2 Å². The molecule has 1 fully saturated rings. The number of aromatic nitrogens is 1. The fourth-order valence-electron chi connectivity index (χ4n) is 3.55. The van der Waals surface area contributed by atoms with Crippen LogP contribution in [0, 0.1) is 5.92 Å². The van der Waals surface area contributed by atoms with Crippen molar-refractivity contribution in [2.75, 3.05) is 23.3 Å². The predicted octanol–water partition coefficient (Wildman–Crippen LogP) is 4.57. The van der Waals surface area contributed by atoms with E-state index >= 15 is 0 Å². The lowest BCUT2D eigenvalue weighted by Crippen LogP contribution is -2.42. The quantitative estimate of drug-likeness (QED) is 0.725. The molecule has 3 rings (SSSR count). The lowest BCUT2D eigenvalue weighted by atomic mass is 10.0. The number of aryl methyl sites for hydroxylation is 1. The van der Waals surface area contributed by atoms with Gasteiger partial charge >= 0.3 is 12.2 Å². The molecular weight excluding hydrogens is 409 g/mol. The molecule has 0 radical (unpaired) electrons. The molecule has 0 aliphatic carbocycles. The van der Waals surface area contributed by atoms with Gasteiger partial charge in [-0.3, -0.25) is 14.7 Å². The summed E-state index contributed by atoms with van der Waals surface area (Å²) in [6.07, 6.45) is -2.08. The molecule has 31 heavy (non-hydrogen) atoms. The predicted molar refractivity (Wildman–Crippen MR) is 112 cm³/mol. The van der Waals surface area contributed by atoms with Crippen LogP contribution in [0.5, 0.6) is 0 Å². The number of amides is 3. The zero-order chi connectivity index (χ0) is 22.8. The number of carbonyl (C=O) groups is 2. The fraction of sp³-hybridized carbons (Fsp3) is 0.409. The summed E-state index contributed by atoms with van der Waals surface area (Å²) in [4.78, 5) is 33.0. The first-order chi connectivity index (χ1) is 14.6. The van der Waals surface area contributed by atoms with Gasteiger partial charge in [-0.2, -0.15) is 13.2 Å². The molecule has 1 aliphatic rings. The van der Waals surface area contributed by atoms with Crippen LogP contribution in [0.2, 0.25) is 0 Å². The minimum absolute atomic E-state index is 0.0313. The van der Waals surface area contributed by atoms with Gasteiger partial charge in [-0.05, 0) is 42.7 Å². The molecule has 2 aromatic rings. The Morgan fingerprint density at radius 1 is 1.26 bits per heavy atom. The number of carbonyl (C=O) groups excluding carboxylic acids is 2. The van der Waals surface area contributed by atoms with Gasteiger partial charge in [-0.15, -0.1) is 0 Å². The van der Waals surface area contributed by atoms with E-state index in [0.717, 1.165) is 24.2 Å². The number of pyridine rings is 1. The van der Waals surface area contributed by atoms with Gasteiger partial charge in [0.2, 0.25) is 5.91 Å². The van der Waals surface area contributed by atoms with Crippen LogP contribution in [0.25, 0.3) is 0 Å². The number of rotatable bonds is 6. The summed E-state index contributed by atoms with van der Waals surface area (Å²) >= 11 is 0. The van der Waals surface area contributed by atoms with Crippen LogP contribution < -0.4 is 10.2 Å². The minimum Gasteiger partial charge on any atom is -0.325 e. The second-order valence-corrected chi connectivity index (χ2v) is 7.82. The van der Waals surface area contributed by atoms with Crippen LogP contribution in [0.1, 0.15) is 32.0 Å². The number of anilines is 2. The van der Waals surface area contributed by atoms with Gasteiger partial charge in [0.25, 0.3) is 0 Å². The van der Waals surface area contributed by atoms with E-state index in [1.807, 2.05) is 32.9 Å². The second kappa shape index (κ2) is 8.95. The highest BCUT2D eigenvalue weighted by atomic mass is 19.4. The van der Waals surface area contributed by atoms with Crippen LogP contribution in [-0.4, -0.2) is 41.0 Å². The zero-order valence-corrected chi connectivity index (χ0v) is 17.6. The van der Waals surface area contributed by atoms with E-state index in [0.29, 0.717) is 12.2 Å². The van der Waals surface area contributed by atoms with Crippen LogP contribution in [0.4, 0.5) is 29.3 Å². The van der Waals surface area contributed by atoms with Crippen molar-refractivity contribution in [3.05, 3.63) is 53.9 Å². The Morgan fingerprint density at radius 2 is 2.00 bits per heavy atom. The summed E-state index contributed by atoms with van der Waals surface area (Å²) in [5, 5.41) is 2.47. The molecule has 6 nitrogen and oxygen atoms in total. The van der Waals surface area contributed by atoms with Crippen molar-refractivity contribution in [3.63, 3.8) is 0 Å². The van der Waals surface area contributed by atoms with E-state index in [1.54, 1.807) is 11.1 Å². The number of hydrogen-bond acceptors (Lipinski definition) is 3. The second-order valence-electron chi connectivity index (χ2n) is 7.82. The number of alkyl halides is 3. The molecule has 1 aromatic carbocycles. The third-order valence-corrected chi connectivity index (χ3v) is 5.29. The number of benzene rings is 1. The molecule has 0 spiro atoms. The van der Waals surface area contributed by atoms with E-state index in [1.165, 1.54) is 17.0 Å². The lowest BCUT2D eigenvalue weighted by Gasteiger charge is -2.25. The third kappa shape index (κ3) is 5.15. The van der Waals surface area contributed by atoms with Crippen LogP contribution in [-0.2, 0) is 17.4 Å². The highest BCUT2D eigenvalue weighted by molar-refractivity contribution is 5.99. The molecule has 1 saturated heterocycles. The van der Waals surface area contributed by atoms with Crippen molar-refractivity contribution in [1.82, 2.24) is 9.88 Å².